The van der Waals surface area contributed by atoms with Crippen LogP contribution in [-0.2, 0) is 11.0 Å². The monoisotopic (exact) mass is 443 g/mol. The topological polar surface area (TPSA) is 20.3 Å². The summed E-state index contributed by atoms with van der Waals surface area (Å²) in [6.45, 7) is 0. The van der Waals surface area contributed by atoms with Gasteiger partial charge in [0.05, 0.1) is 16.2 Å². The van der Waals surface area contributed by atoms with Gasteiger partial charge in [0.2, 0.25) is 0 Å². The van der Waals surface area contributed by atoms with E-state index in [0.717, 1.165) is 38.8 Å². The normalized spacial score (nSPS) is 16.8. The lowest BCUT2D eigenvalue weighted by molar-refractivity contribution is -0.137. The Hall–Kier alpha value is -1.64. The van der Waals surface area contributed by atoms with E-state index in [-0.39, 0.29) is 10.0 Å². The summed E-state index contributed by atoms with van der Waals surface area (Å²) >= 11 is 9.65. The Labute approximate surface area is 159 Å². The molecular weight excluding hydrogens is 435 g/mol. The van der Waals surface area contributed by atoms with E-state index in [4.69, 9.17) is 12.2 Å². The first-order chi connectivity index (χ1) is 11.8. The predicted molar refractivity (Wildman–Crippen MR) is 101 cm³/mol. The van der Waals surface area contributed by atoms with Crippen molar-refractivity contribution >= 4 is 61.9 Å². The Kier molecular flexibility index (Phi) is 5.04. The van der Waals surface area contributed by atoms with E-state index in [9.17, 15) is 18.0 Å². The quantitative estimate of drug-likeness (QED) is 0.427. The Morgan fingerprint density at radius 2 is 1.84 bits per heavy atom. The molecule has 128 valence electrons. The van der Waals surface area contributed by atoms with Crippen LogP contribution in [-0.4, -0.2) is 10.2 Å². The van der Waals surface area contributed by atoms with Crippen molar-refractivity contribution in [1.82, 2.24) is 0 Å². The summed E-state index contributed by atoms with van der Waals surface area (Å²) < 4.78 is 39.7. The summed E-state index contributed by atoms with van der Waals surface area (Å²) in [5, 5.41) is 0. The van der Waals surface area contributed by atoms with Crippen molar-refractivity contribution in [1.29, 1.82) is 0 Å². The predicted octanol–water partition coefficient (Wildman–Crippen LogP) is 5.87. The molecule has 0 atom stereocenters. The fraction of sp³-hybridized carbons (Fsp3) is 0.0588. The maximum Gasteiger partial charge on any atom is 0.416 e. The zero-order chi connectivity index (χ0) is 18.2. The molecule has 2 aromatic rings. The third-order valence-corrected chi connectivity index (χ3v) is 5.44. The molecule has 2 aromatic carbocycles. The van der Waals surface area contributed by atoms with Crippen molar-refractivity contribution in [3.05, 3.63) is 69.0 Å². The first-order valence-corrected chi connectivity index (χ1v) is 8.99. The highest BCUT2D eigenvalue weighted by Crippen LogP contribution is 2.38. The van der Waals surface area contributed by atoms with Crippen molar-refractivity contribution in [3.63, 3.8) is 0 Å². The van der Waals surface area contributed by atoms with Gasteiger partial charge in [0, 0.05) is 4.47 Å². The van der Waals surface area contributed by atoms with Crippen molar-refractivity contribution in [3.8, 4) is 0 Å². The van der Waals surface area contributed by atoms with Gasteiger partial charge in [0.15, 0.2) is 4.32 Å². The lowest BCUT2D eigenvalue weighted by Crippen LogP contribution is -2.27. The molecule has 0 aliphatic carbocycles. The second-order valence-electron chi connectivity index (χ2n) is 5.09. The second kappa shape index (κ2) is 6.93. The molecule has 8 heteroatoms. The van der Waals surface area contributed by atoms with Crippen molar-refractivity contribution in [2.45, 2.75) is 6.18 Å². The summed E-state index contributed by atoms with van der Waals surface area (Å²) in [6.07, 6.45) is -2.82. The molecule has 0 spiro atoms. The molecule has 1 aliphatic heterocycles. The summed E-state index contributed by atoms with van der Waals surface area (Å²) in [4.78, 5) is 14.1. The Morgan fingerprint density at radius 3 is 2.52 bits per heavy atom. The van der Waals surface area contributed by atoms with E-state index < -0.39 is 17.6 Å². The van der Waals surface area contributed by atoms with E-state index in [1.807, 2.05) is 24.3 Å². The lowest BCUT2D eigenvalue weighted by Gasteiger charge is -2.16. The van der Waals surface area contributed by atoms with Crippen LogP contribution in [0.4, 0.5) is 18.9 Å². The molecule has 25 heavy (non-hydrogen) atoms. The van der Waals surface area contributed by atoms with Crippen molar-refractivity contribution < 1.29 is 18.0 Å². The summed E-state index contributed by atoms with van der Waals surface area (Å²) in [5.74, 6) is -0.440. The summed E-state index contributed by atoms with van der Waals surface area (Å²) in [6, 6.07) is 11.9. The highest BCUT2D eigenvalue weighted by molar-refractivity contribution is 9.10. The second-order valence-corrected chi connectivity index (χ2v) is 7.62. The molecule has 0 N–H and O–H groups in total. The zero-order valence-electron chi connectivity index (χ0n) is 12.4. The van der Waals surface area contributed by atoms with Gasteiger partial charge in [-0.15, -0.1) is 0 Å². The van der Waals surface area contributed by atoms with Gasteiger partial charge in [0.25, 0.3) is 5.91 Å². The smallest absolute Gasteiger partial charge is 0.268 e. The molecule has 1 amide bonds. The van der Waals surface area contributed by atoms with Gasteiger partial charge < -0.3 is 0 Å². The van der Waals surface area contributed by atoms with Gasteiger partial charge in [-0.1, -0.05) is 64.2 Å². The molecule has 3 rings (SSSR count). The minimum atomic E-state index is -4.49. The van der Waals surface area contributed by atoms with Crippen LogP contribution in [0.3, 0.4) is 0 Å². The molecular formula is C17H9BrF3NOS2. The molecule has 1 aliphatic rings. The van der Waals surface area contributed by atoms with Gasteiger partial charge >= 0.3 is 6.18 Å². The fourth-order valence-corrected chi connectivity index (χ4v) is 3.93. The summed E-state index contributed by atoms with van der Waals surface area (Å²) in [7, 11) is 0. The zero-order valence-corrected chi connectivity index (χ0v) is 15.6. The van der Waals surface area contributed by atoms with Crippen LogP contribution in [0.25, 0.3) is 6.08 Å². The van der Waals surface area contributed by atoms with Crippen LogP contribution in [0, 0.1) is 0 Å². The number of rotatable bonds is 2. The first-order valence-electron chi connectivity index (χ1n) is 6.97. The van der Waals surface area contributed by atoms with E-state index in [1.54, 1.807) is 6.08 Å². The highest BCUT2D eigenvalue weighted by atomic mass is 79.9. The number of carbonyl (C=O) groups is 1. The van der Waals surface area contributed by atoms with Gasteiger partial charge in [0.1, 0.15) is 0 Å². The van der Waals surface area contributed by atoms with Crippen LogP contribution in [0.5, 0.6) is 0 Å². The number of amides is 1. The van der Waals surface area contributed by atoms with Gasteiger partial charge in [-0.25, -0.2) is 0 Å². The largest absolute Gasteiger partial charge is 0.416 e. The summed E-state index contributed by atoms with van der Waals surface area (Å²) in [5.41, 5.74) is 0.0636. The van der Waals surface area contributed by atoms with Crippen LogP contribution >= 0.6 is 39.9 Å². The number of nitrogens with zero attached hydrogens (tertiary/aromatic N) is 1. The standard InChI is InChI=1S/C17H9BrF3NOS2/c18-13-7-2-1-4-10(13)8-14-15(23)22(16(24)25-14)12-6-3-5-11(9-12)17(19,20)21/h1-9H. The number of alkyl halides is 3. The lowest BCUT2D eigenvalue weighted by atomic mass is 10.1. The molecule has 1 fully saturated rings. The van der Waals surface area contributed by atoms with Crippen molar-refractivity contribution in [2.75, 3.05) is 4.90 Å². The molecule has 1 saturated heterocycles. The van der Waals surface area contributed by atoms with Gasteiger partial charge in [-0.2, -0.15) is 13.2 Å². The Morgan fingerprint density at radius 1 is 1.12 bits per heavy atom. The molecule has 0 bridgehead atoms. The maximum absolute atomic E-state index is 12.9. The maximum atomic E-state index is 12.9. The number of benzene rings is 2. The molecule has 0 aromatic heterocycles. The highest BCUT2D eigenvalue weighted by Gasteiger charge is 2.36. The number of hydrogen-bond acceptors (Lipinski definition) is 3. The van der Waals surface area contributed by atoms with E-state index in [1.165, 1.54) is 12.1 Å². The van der Waals surface area contributed by atoms with Gasteiger partial charge in [-0.05, 0) is 35.9 Å². The van der Waals surface area contributed by atoms with E-state index in [0.29, 0.717) is 4.91 Å². The van der Waals surface area contributed by atoms with E-state index >= 15 is 0 Å². The third kappa shape index (κ3) is 3.80. The average molecular weight is 444 g/mol. The molecule has 0 saturated carbocycles. The molecule has 2 nitrogen and oxygen atoms in total. The molecule has 1 heterocycles. The molecule has 0 radical (unpaired) electrons. The fourth-order valence-electron chi connectivity index (χ4n) is 2.25. The van der Waals surface area contributed by atoms with Crippen LogP contribution < -0.4 is 4.90 Å². The first kappa shape index (κ1) is 18.2. The number of anilines is 1. The number of carbonyl (C=O) groups excluding carboxylic acids is 1. The SMILES string of the molecule is O=C1C(=Cc2ccccc2Br)SC(=S)N1c1cccc(C(F)(F)F)c1. The van der Waals surface area contributed by atoms with Crippen LogP contribution in [0.15, 0.2) is 57.9 Å². The average Bonchev–Trinajstić information content (AvgIpc) is 2.83. The van der Waals surface area contributed by atoms with Crippen molar-refractivity contribution in [2.24, 2.45) is 0 Å². The van der Waals surface area contributed by atoms with Gasteiger partial charge in [-0.3, -0.25) is 9.69 Å². The van der Waals surface area contributed by atoms with E-state index in [2.05, 4.69) is 15.9 Å². The minimum absolute atomic E-state index is 0.104. The Bertz CT molecular complexity index is 895. The number of hydrogen-bond donors (Lipinski definition) is 0. The number of thioether (sulfide) groups is 1. The number of thiocarbonyl (C=S) groups is 1. The molecule has 0 unspecified atom stereocenters. The number of halogens is 4. The minimum Gasteiger partial charge on any atom is -0.268 e. The van der Waals surface area contributed by atoms with Crippen LogP contribution in [0.1, 0.15) is 11.1 Å². The Balaban J connectivity index is 1.96. The van der Waals surface area contributed by atoms with Crippen LogP contribution in [0.2, 0.25) is 0 Å². The third-order valence-electron chi connectivity index (χ3n) is 3.42.